The van der Waals surface area contributed by atoms with Gasteiger partial charge in [0, 0.05) is 30.0 Å². The number of rotatable bonds is 4. The largest absolute Gasteiger partial charge is 0.425 e. The van der Waals surface area contributed by atoms with E-state index in [-0.39, 0.29) is 28.6 Å². The van der Waals surface area contributed by atoms with Crippen molar-refractivity contribution in [2.24, 2.45) is 0 Å². The third-order valence-electron chi connectivity index (χ3n) is 5.11. The molecule has 0 bridgehead atoms. The van der Waals surface area contributed by atoms with Gasteiger partial charge in [0.15, 0.2) is 5.78 Å². The SMILES string of the molecule is CCC(=O)c1cc(S(=O)(=O)O)c2ccc3c(C(=O)NC)ccc4ccc1c2c43.O=S(=O)=O. The van der Waals surface area contributed by atoms with Gasteiger partial charge in [-0.05, 0) is 39.1 Å². The van der Waals surface area contributed by atoms with Gasteiger partial charge in [0.05, 0.1) is 0 Å². The van der Waals surface area contributed by atoms with Crippen LogP contribution in [0.5, 0.6) is 0 Å². The molecule has 0 heterocycles. The molecule has 4 aromatic rings. The molecule has 2 N–H and O–H groups in total. The van der Waals surface area contributed by atoms with Crippen molar-refractivity contribution < 1.29 is 35.2 Å². The first kappa shape index (κ1) is 23.3. The maximum absolute atomic E-state index is 12.5. The van der Waals surface area contributed by atoms with Crippen molar-refractivity contribution in [2.45, 2.75) is 18.2 Å². The van der Waals surface area contributed by atoms with Crippen LogP contribution in [-0.2, 0) is 20.7 Å². The lowest BCUT2D eigenvalue weighted by Crippen LogP contribution is -2.18. The summed E-state index contributed by atoms with van der Waals surface area (Å²) in [6, 6.07) is 11.6. The molecule has 166 valence electrons. The number of hydrogen-bond donors (Lipinski definition) is 2. The zero-order valence-corrected chi connectivity index (χ0v) is 18.5. The van der Waals surface area contributed by atoms with Gasteiger partial charge in [0.2, 0.25) is 0 Å². The molecule has 0 fully saturated rings. The fourth-order valence-corrected chi connectivity index (χ4v) is 4.55. The van der Waals surface area contributed by atoms with E-state index in [9.17, 15) is 22.6 Å². The predicted molar refractivity (Wildman–Crippen MR) is 118 cm³/mol. The lowest BCUT2D eigenvalue weighted by molar-refractivity contribution is 0.0962. The van der Waals surface area contributed by atoms with Crippen molar-refractivity contribution in [3.05, 3.63) is 53.6 Å². The Bertz CT molecular complexity index is 1600. The molecule has 0 aromatic heterocycles. The number of amides is 1. The molecular weight excluding hydrogens is 458 g/mol. The van der Waals surface area contributed by atoms with Gasteiger partial charge >= 0.3 is 10.6 Å². The molecule has 0 unspecified atom stereocenters. The van der Waals surface area contributed by atoms with Crippen LogP contribution in [0, 0.1) is 0 Å². The third-order valence-corrected chi connectivity index (χ3v) is 6.01. The summed E-state index contributed by atoms with van der Waals surface area (Å²) in [4.78, 5) is 24.5. The maximum Gasteiger partial charge on any atom is 0.425 e. The first-order valence-electron chi connectivity index (χ1n) is 9.25. The van der Waals surface area contributed by atoms with E-state index in [1.54, 1.807) is 37.3 Å². The van der Waals surface area contributed by atoms with Gasteiger partial charge in [-0.25, -0.2) is 0 Å². The molecule has 9 nitrogen and oxygen atoms in total. The van der Waals surface area contributed by atoms with Crippen molar-refractivity contribution in [3.63, 3.8) is 0 Å². The Morgan fingerprint density at radius 2 is 1.44 bits per heavy atom. The number of Topliss-reactive ketones (excluding diaryl/α,β-unsaturated/α-hetero) is 1. The Balaban J connectivity index is 0.000000668. The second kappa shape index (κ2) is 8.61. The molecule has 1 amide bonds. The summed E-state index contributed by atoms with van der Waals surface area (Å²) in [5.41, 5.74) is 0.687. The summed E-state index contributed by atoms with van der Waals surface area (Å²) in [6.07, 6.45) is 0.193. The number of carbonyl (C=O) groups is 2. The van der Waals surface area contributed by atoms with E-state index in [4.69, 9.17) is 12.6 Å². The second-order valence-corrected chi connectivity index (χ2v) is 8.62. The first-order chi connectivity index (χ1) is 15.0. The van der Waals surface area contributed by atoms with Crippen LogP contribution in [0.1, 0.15) is 34.1 Å². The van der Waals surface area contributed by atoms with Gasteiger partial charge in [0.25, 0.3) is 16.0 Å². The van der Waals surface area contributed by atoms with E-state index in [0.29, 0.717) is 32.5 Å². The molecule has 0 saturated carbocycles. The molecule has 0 radical (unpaired) electrons. The summed E-state index contributed by atoms with van der Waals surface area (Å²) in [5.74, 6) is -0.493. The Labute approximate surface area is 184 Å². The van der Waals surface area contributed by atoms with Crippen molar-refractivity contribution in [1.82, 2.24) is 5.32 Å². The topological polar surface area (TPSA) is 152 Å². The van der Waals surface area contributed by atoms with Crippen LogP contribution in [0.25, 0.3) is 32.3 Å². The molecule has 4 rings (SSSR count). The number of hydrogen-bond acceptors (Lipinski definition) is 7. The molecule has 0 saturated heterocycles. The van der Waals surface area contributed by atoms with Gasteiger partial charge in [-0.2, -0.15) is 8.42 Å². The van der Waals surface area contributed by atoms with E-state index in [1.165, 1.54) is 13.1 Å². The predicted octanol–water partition coefficient (Wildman–Crippen LogP) is 2.78. The molecule has 0 aliphatic heterocycles. The summed E-state index contributed by atoms with van der Waals surface area (Å²) < 4.78 is 59.2. The second-order valence-electron chi connectivity index (χ2n) is 6.82. The van der Waals surface area contributed by atoms with Crippen LogP contribution in [0.4, 0.5) is 0 Å². The highest BCUT2D eigenvalue weighted by molar-refractivity contribution is 7.86. The molecule has 0 atom stereocenters. The van der Waals surface area contributed by atoms with Gasteiger partial charge in [-0.3, -0.25) is 14.1 Å². The molecule has 0 spiro atoms. The Morgan fingerprint density at radius 1 is 0.906 bits per heavy atom. The summed E-state index contributed by atoms with van der Waals surface area (Å²) in [6.45, 7) is 1.69. The molecular formula is C21H17NO8S2. The fraction of sp³-hybridized carbons (Fsp3) is 0.143. The lowest BCUT2D eigenvalue weighted by Gasteiger charge is -2.17. The summed E-state index contributed by atoms with van der Waals surface area (Å²) >= 11 is 0. The van der Waals surface area contributed by atoms with E-state index < -0.39 is 20.7 Å². The van der Waals surface area contributed by atoms with E-state index in [0.717, 1.165) is 5.39 Å². The Kier molecular flexibility index (Phi) is 6.26. The van der Waals surface area contributed by atoms with Crippen LogP contribution < -0.4 is 5.32 Å². The number of nitrogens with one attached hydrogen (secondary N) is 1. The van der Waals surface area contributed by atoms with Crippen molar-refractivity contribution in [3.8, 4) is 0 Å². The highest BCUT2D eigenvalue weighted by atomic mass is 32.2. The van der Waals surface area contributed by atoms with E-state index >= 15 is 0 Å². The van der Waals surface area contributed by atoms with Crippen LogP contribution in [0.3, 0.4) is 0 Å². The number of ketones is 1. The lowest BCUT2D eigenvalue weighted by atomic mass is 9.88. The third kappa shape index (κ3) is 4.05. The highest BCUT2D eigenvalue weighted by Crippen LogP contribution is 2.40. The normalized spacial score (nSPS) is 11.3. The van der Waals surface area contributed by atoms with Crippen molar-refractivity contribution in [2.75, 3.05) is 7.05 Å². The van der Waals surface area contributed by atoms with Gasteiger partial charge < -0.3 is 5.32 Å². The van der Waals surface area contributed by atoms with Crippen LogP contribution in [0.2, 0.25) is 0 Å². The Morgan fingerprint density at radius 3 is 2.00 bits per heavy atom. The minimum absolute atomic E-state index is 0.193. The van der Waals surface area contributed by atoms with E-state index in [2.05, 4.69) is 5.32 Å². The van der Waals surface area contributed by atoms with Crippen LogP contribution in [0.15, 0.2) is 47.4 Å². The van der Waals surface area contributed by atoms with Crippen LogP contribution in [-0.4, -0.2) is 44.3 Å². The molecule has 0 aliphatic rings. The number of carbonyl (C=O) groups excluding carboxylic acids is 2. The zero-order chi connectivity index (χ0) is 23.8. The quantitative estimate of drug-likeness (QED) is 0.260. The van der Waals surface area contributed by atoms with Gasteiger partial charge in [0.1, 0.15) is 4.90 Å². The zero-order valence-electron chi connectivity index (χ0n) is 16.9. The van der Waals surface area contributed by atoms with Crippen LogP contribution >= 0.6 is 0 Å². The fourth-order valence-electron chi connectivity index (χ4n) is 3.83. The van der Waals surface area contributed by atoms with Crippen molar-refractivity contribution in [1.29, 1.82) is 0 Å². The molecule has 0 aliphatic carbocycles. The minimum Gasteiger partial charge on any atom is -0.355 e. The summed E-state index contributed by atoms with van der Waals surface area (Å²) in [7, 11) is -6.13. The maximum atomic E-state index is 12.5. The van der Waals surface area contributed by atoms with Gasteiger partial charge in [-0.15, -0.1) is 12.6 Å². The number of benzene rings is 4. The molecule has 32 heavy (non-hydrogen) atoms. The van der Waals surface area contributed by atoms with Gasteiger partial charge in [-0.1, -0.05) is 37.3 Å². The average Bonchev–Trinajstić information content (AvgIpc) is 2.74. The molecule has 4 aromatic carbocycles. The average molecular weight is 476 g/mol. The smallest absolute Gasteiger partial charge is 0.355 e. The standard InChI is InChI=1S/C21H17NO5S.O3S/c1-3-17(23)16-10-18(28(25,26)27)15-9-8-12-14(21(24)22-2)7-5-11-4-6-13(16)20(15)19(11)12;1-4(2)3/h4-10H,3H2,1-2H3,(H,22,24)(H,25,26,27);. The van der Waals surface area contributed by atoms with Crippen molar-refractivity contribution >= 4 is 64.7 Å². The monoisotopic (exact) mass is 475 g/mol. The summed E-state index contributed by atoms with van der Waals surface area (Å²) in [5, 5.41) is 6.21. The minimum atomic E-state index is -4.55. The molecule has 11 heteroatoms. The Hall–Kier alpha value is -3.41. The van der Waals surface area contributed by atoms with E-state index in [1.807, 2.05) is 6.07 Å². The highest BCUT2D eigenvalue weighted by Gasteiger charge is 2.23. The first-order valence-corrected chi connectivity index (χ1v) is 11.7.